The summed E-state index contributed by atoms with van der Waals surface area (Å²) >= 11 is 0. The van der Waals surface area contributed by atoms with Crippen molar-refractivity contribution in [2.45, 2.75) is 99.7 Å². The van der Waals surface area contributed by atoms with Gasteiger partial charge in [-0.05, 0) is 44.2 Å². The van der Waals surface area contributed by atoms with Crippen LogP contribution < -0.4 is 0 Å². The van der Waals surface area contributed by atoms with Gasteiger partial charge in [-0.15, -0.1) is 0 Å². The van der Waals surface area contributed by atoms with Crippen LogP contribution >= 0.6 is 0 Å². The monoisotopic (exact) mass is 474 g/mol. The van der Waals surface area contributed by atoms with E-state index in [1.54, 1.807) is 26.4 Å². The van der Waals surface area contributed by atoms with Gasteiger partial charge in [0.05, 0.1) is 36.4 Å². The van der Waals surface area contributed by atoms with Gasteiger partial charge in [-0.3, -0.25) is 4.79 Å². The van der Waals surface area contributed by atoms with Crippen LogP contribution in [-0.2, 0) is 23.8 Å². The topological polar surface area (TPSA) is 139 Å². The summed E-state index contributed by atoms with van der Waals surface area (Å²) in [6, 6.07) is 1.94. The SMILES string of the molecule is C[C@]12[C@H](CC(=O)[C@]3(C)OC(=O)[C@H](O)[C@]13O)O[C@@H]1C[C@@]3(C)[C@H](c4ccoc4)C[C@H]4O[C@]43[C@](C)(O)[C@H]12. The molecule has 0 aromatic carbocycles. The fourth-order valence-corrected chi connectivity index (χ4v) is 9.66. The normalized spacial score (nSPS) is 61.3. The van der Waals surface area contributed by atoms with Crippen molar-refractivity contribution in [3.8, 4) is 0 Å². The Morgan fingerprint density at radius 3 is 2.50 bits per heavy atom. The summed E-state index contributed by atoms with van der Waals surface area (Å²) in [4.78, 5) is 25.7. The van der Waals surface area contributed by atoms with Crippen LogP contribution in [0.5, 0.6) is 0 Å². The molecule has 34 heavy (non-hydrogen) atoms. The molecule has 9 heteroatoms. The van der Waals surface area contributed by atoms with Crippen LogP contribution in [0.25, 0.3) is 0 Å². The van der Waals surface area contributed by atoms with Gasteiger partial charge in [-0.25, -0.2) is 4.79 Å². The maximum Gasteiger partial charge on any atom is 0.339 e. The molecular formula is C25H30O9. The number of Topliss-reactive ketones (excluding diaryl/α,β-unsaturated/α-hetero) is 1. The zero-order valence-electron chi connectivity index (χ0n) is 19.6. The lowest BCUT2D eigenvalue weighted by Gasteiger charge is -2.61. The van der Waals surface area contributed by atoms with Gasteiger partial charge in [0.2, 0.25) is 0 Å². The second kappa shape index (κ2) is 5.62. The molecule has 1 aromatic rings. The number of rotatable bonds is 1. The summed E-state index contributed by atoms with van der Waals surface area (Å²) in [6.45, 7) is 6.90. The first kappa shape index (κ1) is 21.5. The quantitative estimate of drug-likeness (QED) is 0.399. The van der Waals surface area contributed by atoms with Crippen molar-refractivity contribution in [1.29, 1.82) is 0 Å². The highest BCUT2D eigenvalue weighted by Gasteiger charge is 2.91. The minimum Gasteiger partial charge on any atom is -0.472 e. The Bertz CT molecular complexity index is 1130. The number of epoxide rings is 1. The summed E-state index contributed by atoms with van der Waals surface area (Å²) in [5.74, 6) is -2.17. The first-order chi connectivity index (χ1) is 15.8. The zero-order valence-corrected chi connectivity index (χ0v) is 19.6. The number of carbonyl (C=O) groups excluding carboxylic acids is 2. The van der Waals surface area contributed by atoms with Crippen LogP contribution in [0, 0.1) is 16.7 Å². The summed E-state index contributed by atoms with van der Waals surface area (Å²) in [5, 5.41) is 35.5. The fourth-order valence-electron chi connectivity index (χ4n) is 9.66. The standard InChI is InChI=1S/C25H30O9/c1-20-9-13-17(22(3,29)25(20)16(33-25)7-12(20)11-5-6-31-10-11)21(2)15(32-13)8-14(26)23(4)24(21,30)18(27)19(28)34-23/h5-6,10,12-13,15-18,27,29-30H,7-9H2,1-4H3/t12-,13+,15-,16+,17+,18-,20-,21+,22+,23-,24-,25+/m0/s1. The predicted molar refractivity (Wildman–Crippen MR) is 112 cm³/mol. The second-order valence-electron chi connectivity index (χ2n) is 12.1. The van der Waals surface area contributed by atoms with Crippen molar-refractivity contribution in [2.75, 3.05) is 0 Å². The fraction of sp³-hybridized carbons (Fsp3) is 0.760. The molecule has 3 saturated heterocycles. The summed E-state index contributed by atoms with van der Waals surface area (Å²) < 4.78 is 23.5. The van der Waals surface area contributed by atoms with E-state index in [-0.39, 0.29) is 18.4 Å². The molecule has 1 spiro atoms. The van der Waals surface area contributed by atoms with Crippen molar-refractivity contribution < 1.29 is 43.5 Å². The number of ether oxygens (including phenoxy) is 3. The molecule has 3 N–H and O–H groups in total. The third-order valence-electron chi connectivity index (χ3n) is 11.1. The lowest BCUT2D eigenvalue weighted by molar-refractivity contribution is -0.259. The van der Waals surface area contributed by atoms with Crippen molar-refractivity contribution >= 4 is 11.8 Å². The third-order valence-corrected chi connectivity index (χ3v) is 11.1. The number of fused-ring (bicyclic) bond motifs is 5. The van der Waals surface area contributed by atoms with E-state index < -0.39 is 69.2 Å². The Hall–Kier alpha value is -1.78. The minimum absolute atomic E-state index is 0.0772. The number of hydrogen-bond donors (Lipinski definition) is 3. The maximum absolute atomic E-state index is 13.2. The lowest BCUT2D eigenvalue weighted by atomic mass is 9.43. The average molecular weight is 475 g/mol. The number of carbonyl (C=O) groups is 2. The van der Waals surface area contributed by atoms with Crippen molar-refractivity contribution in [1.82, 2.24) is 0 Å². The van der Waals surface area contributed by atoms with Crippen molar-refractivity contribution in [3.63, 3.8) is 0 Å². The molecule has 0 amide bonds. The highest BCUT2D eigenvalue weighted by Crippen LogP contribution is 2.79. The number of furan rings is 1. The largest absolute Gasteiger partial charge is 0.472 e. The lowest BCUT2D eigenvalue weighted by Crippen LogP contribution is -2.78. The molecule has 0 bridgehead atoms. The van der Waals surface area contributed by atoms with Crippen LogP contribution in [0.4, 0.5) is 0 Å². The molecule has 3 saturated carbocycles. The minimum atomic E-state index is -2.27. The summed E-state index contributed by atoms with van der Waals surface area (Å²) in [6.07, 6.45) is 1.09. The highest BCUT2D eigenvalue weighted by molar-refractivity contribution is 5.97. The Kier molecular flexibility index (Phi) is 3.55. The average Bonchev–Trinajstić information content (AvgIpc) is 3.00. The molecule has 12 atom stereocenters. The number of aliphatic hydroxyl groups is 3. The number of ketones is 1. The van der Waals surface area contributed by atoms with Crippen LogP contribution in [-0.4, -0.2) is 73.9 Å². The van der Waals surface area contributed by atoms with Crippen molar-refractivity contribution in [2.24, 2.45) is 16.7 Å². The molecule has 4 heterocycles. The van der Waals surface area contributed by atoms with E-state index in [0.29, 0.717) is 6.42 Å². The molecule has 184 valence electrons. The van der Waals surface area contributed by atoms with E-state index in [4.69, 9.17) is 18.6 Å². The van der Waals surface area contributed by atoms with E-state index in [2.05, 4.69) is 6.92 Å². The van der Waals surface area contributed by atoms with Gasteiger partial charge in [0.1, 0.15) is 5.60 Å². The summed E-state index contributed by atoms with van der Waals surface area (Å²) in [5.41, 5.74) is -7.38. The second-order valence-corrected chi connectivity index (χ2v) is 12.1. The van der Waals surface area contributed by atoms with E-state index in [9.17, 15) is 24.9 Å². The van der Waals surface area contributed by atoms with Gasteiger partial charge in [-0.1, -0.05) is 13.8 Å². The molecule has 6 fully saturated rings. The number of aliphatic hydroxyl groups excluding tert-OH is 1. The van der Waals surface area contributed by atoms with Crippen LogP contribution in [0.3, 0.4) is 0 Å². The molecule has 0 unspecified atom stereocenters. The van der Waals surface area contributed by atoms with Gasteiger partial charge in [-0.2, -0.15) is 0 Å². The molecule has 0 radical (unpaired) electrons. The van der Waals surface area contributed by atoms with Crippen LogP contribution in [0.1, 0.15) is 58.4 Å². The molecule has 3 aliphatic heterocycles. The van der Waals surface area contributed by atoms with Gasteiger partial charge in [0, 0.05) is 23.2 Å². The van der Waals surface area contributed by atoms with Gasteiger partial charge < -0.3 is 33.9 Å². The zero-order chi connectivity index (χ0) is 24.3. The Morgan fingerprint density at radius 1 is 1.09 bits per heavy atom. The maximum atomic E-state index is 13.2. The first-order valence-corrected chi connectivity index (χ1v) is 12.0. The Morgan fingerprint density at radius 2 is 1.82 bits per heavy atom. The van der Waals surface area contributed by atoms with Crippen LogP contribution in [0.2, 0.25) is 0 Å². The highest BCUT2D eigenvalue weighted by atomic mass is 16.6. The predicted octanol–water partition coefficient (Wildman–Crippen LogP) is 0.836. The van der Waals surface area contributed by atoms with Crippen LogP contribution in [0.15, 0.2) is 23.0 Å². The number of hydrogen-bond acceptors (Lipinski definition) is 9. The van der Waals surface area contributed by atoms with Crippen molar-refractivity contribution in [3.05, 3.63) is 24.2 Å². The molecule has 3 aliphatic carbocycles. The smallest absolute Gasteiger partial charge is 0.339 e. The van der Waals surface area contributed by atoms with E-state index >= 15 is 0 Å². The van der Waals surface area contributed by atoms with E-state index in [1.165, 1.54) is 6.92 Å². The molecule has 9 nitrogen and oxygen atoms in total. The molecule has 1 aromatic heterocycles. The van der Waals surface area contributed by atoms with Gasteiger partial charge in [0.25, 0.3) is 0 Å². The number of esters is 1. The molecular weight excluding hydrogens is 444 g/mol. The van der Waals surface area contributed by atoms with Gasteiger partial charge >= 0.3 is 5.97 Å². The molecule has 6 aliphatic rings. The molecule has 7 rings (SSSR count). The first-order valence-electron chi connectivity index (χ1n) is 12.0. The Labute approximate surface area is 196 Å². The van der Waals surface area contributed by atoms with E-state index in [1.807, 2.05) is 6.07 Å². The third kappa shape index (κ3) is 1.79. The van der Waals surface area contributed by atoms with Gasteiger partial charge in [0.15, 0.2) is 23.1 Å². The van der Waals surface area contributed by atoms with E-state index in [0.717, 1.165) is 12.0 Å². The summed E-state index contributed by atoms with van der Waals surface area (Å²) in [7, 11) is 0. The Balaban J connectivity index is 1.40.